The van der Waals surface area contributed by atoms with Gasteiger partial charge < -0.3 is 10.1 Å². The summed E-state index contributed by atoms with van der Waals surface area (Å²) in [5.74, 6) is 0.0699. The molecular formula is C25H24N4O3. The van der Waals surface area contributed by atoms with E-state index in [1.165, 1.54) is 10.5 Å². The summed E-state index contributed by atoms with van der Waals surface area (Å²) in [5.41, 5.74) is 0.866. The van der Waals surface area contributed by atoms with Crippen LogP contribution in [0.3, 0.4) is 0 Å². The van der Waals surface area contributed by atoms with Gasteiger partial charge in [-0.3, -0.25) is 14.0 Å². The molecule has 2 heterocycles. The number of aryl methyl sites for hydroxylation is 1. The number of hydrogen-bond acceptors (Lipinski definition) is 5. The lowest BCUT2D eigenvalue weighted by atomic mass is 9.95. The lowest BCUT2D eigenvalue weighted by Gasteiger charge is -2.22. The van der Waals surface area contributed by atoms with Crippen molar-refractivity contribution in [1.82, 2.24) is 14.7 Å². The molecule has 1 N–H and O–H groups in total. The number of aromatic nitrogens is 2. The molecule has 1 saturated carbocycles. The number of carbonyl (C=O) groups excluding carboxylic acids is 1. The van der Waals surface area contributed by atoms with Crippen LogP contribution in [-0.4, -0.2) is 21.3 Å². The van der Waals surface area contributed by atoms with Crippen LogP contribution >= 0.6 is 0 Å². The minimum atomic E-state index is -0.488. The van der Waals surface area contributed by atoms with Crippen LogP contribution in [0.25, 0.3) is 11.7 Å². The van der Waals surface area contributed by atoms with Gasteiger partial charge in [0, 0.05) is 12.2 Å². The Hall–Kier alpha value is -3.92. The van der Waals surface area contributed by atoms with E-state index in [-0.39, 0.29) is 23.1 Å². The van der Waals surface area contributed by atoms with E-state index in [9.17, 15) is 14.9 Å². The van der Waals surface area contributed by atoms with E-state index in [4.69, 9.17) is 4.74 Å². The van der Waals surface area contributed by atoms with Gasteiger partial charge in [-0.15, -0.1) is 0 Å². The quantitative estimate of drug-likeness (QED) is 0.486. The van der Waals surface area contributed by atoms with Gasteiger partial charge >= 0.3 is 0 Å². The number of nitriles is 1. The van der Waals surface area contributed by atoms with Crippen molar-refractivity contribution in [3.63, 3.8) is 0 Å². The molecule has 0 unspecified atom stereocenters. The highest BCUT2D eigenvalue weighted by atomic mass is 16.5. The van der Waals surface area contributed by atoms with Crippen LogP contribution in [0.2, 0.25) is 0 Å². The van der Waals surface area contributed by atoms with Gasteiger partial charge in [0.15, 0.2) is 0 Å². The van der Waals surface area contributed by atoms with Crippen LogP contribution in [0.1, 0.15) is 43.2 Å². The first kappa shape index (κ1) is 21.3. The van der Waals surface area contributed by atoms with Gasteiger partial charge in [-0.05, 0) is 55.7 Å². The van der Waals surface area contributed by atoms with Crippen LogP contribution in [-0.2, 0) is 4.79 Å². The number of fused-ring (bicyclic) bond motifs is 1. The Morgan fingerprint density at radius 2 is 2.03 bits per heavy atom. The fourth-order valence-electron chi connectivity index (χ4n) is 3.88. The van der Waals surface area contributed by atoms with Crippen molar-refractivity contribution in [1.29, 1.82) is 5.26 Å². The summed E-state index contributed by atoms with van der Waals surface area (Å²) < 4.78 is 7.31. The summed E-state index contributed by atoms with van der Waals surface area (Å²) in [5, 5.41) is 12.6. The second-order valence-corrected chi connectivity index (χ2v) is 7.96. The molecule has 0 radical (unpaired) electrons. The number of hydrogen-bond donors (Lipinski definition) is 1. The molecule has 1 fully saturated rings. The van der Waals surface area contributed by atoms with E-state index < -0.39 is 11.5 Å². The fraction of sp³-hybridized carbons (Fsp3) is 0.280. The third-order valence-corrected chi connectivity index (χ3v) is 5.53. The van der Waals surface area contributed by atoms with Crippen molar-refractivity contribution in [3.05, 3.63) is 75.7 Å². The Morgan fingerprint density at radius 1 is 1.22 bits per heavy atom. The molecule has 1 amide bonds. The van der Waals surface area contributed by atoms with E-state index in [0.29, 0.717) is 11.4 Å². The number of nitrogens with one attached hydrogen (secondary N) is 1. The zero-order valence-electron chi connectivity index (χ0n) is 17.9. The molecule has 1 aliphatic carbocycles. The average Bonchev–Trinajstić information content (AvgIpc) is 2.80. The summed E-state index contributed by atoms with van der Waals surface area (Å²) in [6.07, 6.45) is 7.93. The van der Waals surface area contributed by atoms with E-state index in [2.05, 4.69) is 10.3 Å². The normalized spacial score (nSPS) is 14.7. The maximum absolute atomic E-state index is 13.2. The van der Waals surface area contributed by atoms with Crippen LogP contribution in [0, 0.1) is 18.3 Å². The largest absolute Gasteiger partial charge is 0.438 e. The van der Waals surface area contributed by atoms with Gasteiger partial charge in [0.1, 0.15) is 28.6 Å². The predicted molar refractivity (Wildman–Crippen MR) is 121 cm³/mol. The zero-order chi connectivity index (χ0) is 22.5. The van der Waals surface area contributed by atoms with Crippen LogP contribution < -0.4 is 15.6 Å². The van der Waals surface area contributed by atoms with Gasteiger partial charge in [-0.25, -0.2) is 0 Å². The Morgan fingerprint density at radius 3 is 2.78 bits per heavy atom. The molecule has 4 rings (SSSR count). The molecule has 2 aromatic heterocycles. The summed E-state index contributed by atoms with van der Waals surface area (Å²) >= 11 is 0. The van der Waals surface area contributed by atoms with Gasteiger partial charge in [-0.2, -0.15) is 10.2 Å². The number of benzene rings is 1. The molecule has 1 aromatic carbocycles. The van der Waals surface area contributed by atoms with Crippen molar-refractivity contribution in [2.45, 2.75) is 45.1 Å². The lowest BCUT2D eigenvalue weighted by molar-refractivity contribution is -0.117. The fourth-order valence-corrected chi connectivity index (χ4v) is 3.88. The minimum Gasteiger partial charge on any atom is -0.438 e. The maximum Gasteiger partial charge on any atom is 0.269 e. The highest BCUT2D eigenvalue weighted by molar-refractivity contribution is 6.02. The van der Waals surface area contributed by atoms with Gasteiger partial charge in [0.05, 0.1) is 0 Å². The van der Waals surface area contributed by atoms with Crippen molar-refractivity contribution in [3.8, 4) is 17.7 Å². The zero-order valence-corrected chi connectivity index (χ0v) is 17.9. The monoisotopic (exact) mass is 428 g/mol. The van der Waals surface area contributed by atoms with Crippen molar-refractivity contribution in [2.24, 2.45) is 0 Å². The Labute approximate surface area is 186 Å². The van der Waals surface area contributed by atoms with Crippen molar-refractivity contribution < 1.29 is 9.53 Å². The summed E-state index contributed by atoms with van der Waals surface area (Å²) in [7, 11) is 0. The standard InChI is InChI=1S/C25H24N4O3/c1-17-8-7-11-20(14-17)32-24-21(25(31)29-13-6-5-12-22(29)28-24)15-18(16-26)23(30)27-19-9-3-2-4-10-19/h5-8,11-15,19H,2-4,9-10H2,1H3,(H,27,30). The Bertz CT molecular complexity index is 1280. The molecule has 0 aliphatic heterocycles. The average molecular weight is 428 g/mol. The molecule has 0 bridgehead atoms. The molecule has 0 saturated heterocycles. The maximum atomic E-state index is 13.2. The number of pyridine rings is 1. The van der Waals surface area contributed by atoms with E-state index in [1.54, 1.807) is 30.5 Å². The number of rotatable bonds is 5. The smallest absolute Gasteiger partial charge is 0.269 e. The molecule has 0 atom stereocenters. The van der Waals surface area contributed by atoms with Gasteiger partial charge in [-0.1, -0.05) is 37.5 Å². The Balaban J connectivity index is 1.76. The molecule has 7 nitrogen and oxygen atoms in total. The first-order valence-corrected chi connectivity index (χ1v) is 10.7. The van der Waals surface area contributed by atoms with Crippen molar-refractivity contribution >= 4 is 17.6 Å². The third-order valence-electron chi connectivity index (χ3n) is 5.53. The molecule has 0 spiro atoms. The molecule has 32 heavy (non-hydrogen) atoms. The second-order valence-electron chi connectivity index (χ2n) is 7.96. The number of nitrogens with zero attached hydrogens (tertiary/aromatic N) is 3. The van der Waals surface area contributed by atoms with Crippen LogP contribution in [0.15, 0.2) is 59.0 Å². The van der Waals surface area contributed by atoms with Crippen molar-refractivity contribution in [2.75, 3.05) is 0 Å². The molecule has 162 valence electrons. The minimum absolute atomic E-state index is 0.0463. The van der Waals surface area contributed by atoms with E-state index in [0.717, 1.165) is 37.7 Å². The second kappa shape index (κ2) is 9.48. The molecular weight excluding hydrogens is 404 g/mol. The van der Waals surface area contributed by atoms with Gasteiger partial charge in [0.25, 0.3) is 11.5 Å². The number of ether oxygens (including phenoxy) is 1. The van der Waals surface area contributed by atoms with E-state index >= 15 is 0 Å². The van der Waals surface area contributed by atoms with E-state index in [1.807, 2.05) is 31.2 Å². The summed E-state index contributed by atoms with van der Waals surface area (Å²) in [6, 6.07) is 14.5. The van der Waals surface area contributed by atoms with Crippen LogP contribution in [0.5, 0.6) is 11.6 Å². The molecule has 3 aromatic rings. The first-order chi connectivity index (χ1) is 15.5. The highest BCUT2D eigenvalue weighted by Gasteiger charge is 2.20. The topological polar surface area (TPSA) is 96.5 Å². The number of amides is 1. The molecule has 1 aliphatic rings. The summed E-state index contributed by atoms with van der Waals surface area (Å²) in [6.45, 7) is 1.93. The van der Waals surface area contributed by atoms with Gasteiger partial charge in [0.2, 0.25) is 5.88 Å². The first-order valence-electron chi connectivity index (χ1n) is 10.7. The van der Waals surface area contributed by atoms with Crippen LogP contribution in [0.4, 0.5) is 0 Å². The number of carbonyl (C=O) groups is 1. The lowest BCUT2D eigenvalue weighted by Crippen LogP contribution is -2.36. The summed E-state index contributed by atoms with van der Waals surface area (Å²) in [4.78, 5) is 30.5. The third kappa shape index (κ3) is 4.70. The Kier molecular flexibility index (Phi) is 6.31. The highest BCUT2D eigenvalue weighted by Crippen LogP contribution is 2.25. The SMILES string of the molecule is Cc1cccc(Oc2nc3ccccn3c(=O)c2C=C(C#N)C(=O)NC2CCCCC2)c1. The predicted octanol–water partition coefficient (Wildman–Crippen LogP) is 4.15. The molecule has 7 heteroatoms.